The quantitative estimate of drug-likeness (QED) is 0.434. The molecule has 2 atom stereocenters. The average Bonchev–Trinajstić information content (AvgIpc) is 3.52. The number of rotatable bonds is 7. The van der Waals surface area contributed by atoms with Crippen molar-refractivity contribution in [3.8, 4) is 17.1 Å². The van der Waals surface area contributed by atoms with Crippen molar-refractivity contribution in [3.05, 3.63) is 78.1 Å². The van der Waals surface area contributed by atoms with Crippen LogP contribution >= 0.6 is 0 Å². The molecule has 0 spiro atoms. The lowest BCUT2D eigenvalue weighted by Crippen LogP contribution is -2.53. The van der Waals surface area contributed by atoms with Gasteiger partial charge >= 0.3 is 0 Å². The summed E-state index contributed by atoms with van der Waals surface area (Å²) in [4.78, 5) is 10.6. The van der Waals surface area contributed by atoms with Crippen molar-refractivity contribution in [2.45, 2.75) is 38.2 Å². The minimum absolute atomic E-state index is 0.00832. The molecule has 0 saturated carbocycles. The Morgan fingerprint density at radius 2 is 2.03 bits per heavy atom. The maximum absolute atomic E-state index is 14.9. The van der Waals surface area contributed by atoms with Gasteiger partial charge in [-0.05, 0) is 25.1 Å². The number of nitrogens with zero attached hydrogens (tertiary/aromatic N) is 7. The second kappa shape index (κ2) is 9.16. The highest BCUT2D eigenvalue weighted by atomic mass is 19.1. The largest absolute Gasteiger partial charge is 0.497 e. The Morgan fingerprint density at radius 1 is 1.17 bits per heavy atom. The Bertz CT molecular complexity index is 1330. The van der Waals surface area contributed by atoms with Crippen molar-refractivity contribution in [1.29, 1.82) is 0 Å². The first kappa shape index (κ1) is 23.1. The van der Waals surface area contributed by atoms with Gasteiger partial charge in [0.25, 0.3) is 0 Å². The smallest absolute Gasteiger partial charge is 0.181 e. The summed E-state index contributed by atoms with van der Waals surface area (Å²) in [7, 11) is 1.61. The van der Waals surface area contributed by atoms with Crippen LogP contribution < -0.4 is 4.74 Å². The van der Waals surface area contributed by atoms with E-state index in [0.717, 1.165) is 23.5 Å². The van der Waals surface area contributed by atoms with E-state index in [1.807, 2.05) is 40.8 Å². The van der Waals surface area contributed by atoms with E-state index in [4.69, 9.17) is 9.72 Å². The zero-order chi connectivity index (χ0) is 24.6. The first-order valence-electron chi connectivity index (χ1n) is 11.2. The monoisotopic (exact) mass is 481 g/mol. The third kappa shape index (κ3) is 4.40. The molecule has 2 aromatic carbocycles. The van der Waals surface area contributed by atoms with Gasteiger partial charge in [-0.15, -0.1) is 0 Å². The van der Waals surface area contributed by atoms with Gasteiger partial charge < -0.3 is 9.84 Å². The number of methoxy groups -OCH3 is 1. The third-order valence-corrected chi connectivity index (χ3v) is 6.53. The summed E-state index contributed by atoms with van der Waals surface area (Å²) in [5.41, 5.74) is -0.892. The molecule has 0 radical (unpaired) electrons. The van der Waals surface area contributed by atoms with Crippen LogP contribution in [0.4, 0.5) is 8.78 Å². The standard InChI is InChI=1S/C24H25F2N7O2/c1-16(24(34,13-32-15-27-14-28-32)20-7-6-18(25)11-21(20)26)31-8-9-33-22(12-31)29-23(30-33)17-4-3-5-19(10-17)35-2/h3-7,10-11,14-16,34H,8-9,12-13H2,1-2H3/t16-,24-/m1/s1. The van der Waals surface area contributed by atoms with Crippen molar-refractivity contribution >= 4 is 0 Å². The molecule has 35 heavy (non-hydrogen) atoms. The van der Waals surface area contributed by atoms with E-state index < -0.39 is 23.3 Å². The molecule has 0 bridgehead atoms. The van der Waals surface area contributed by atoms with Gasteiger partial charge in [-0.3, -0.25) is 4.90 Å². The van der Waals surface area contributed by atoms with Crippen molar-refractivity contribution < 1.29 is 18.6 Å². The Balaban J connectivity index is 1.45. The van der Waals surface area contributed by atoms with Crippen LogP contribution in [0.1, 0.15) is 18.3 Å². The van der Waals surface area contributed by atoms with Crippen LogP contribution in [-0.4, -0.2) is 59.2 Å². The minimum atomic E-state index is -1.72. The fourth-order valence-corrected chi connectivity index (χ4v) is 4.52. The van der Waals surface area contributed by atoms with Crippen molar-refractivity contribution in [2.24, 2.45) is 0 Å². The van der Waals surface area contributed by atoms with Gasteiger partial charge in [0.05, 0.1) is 26.7 Å². The summed E-state index contributed by atoms with van der Waals surface area (Å²) in [6.45, 7) is 3.24. The summed E-state index contributed by atoms with van der Waals surface area (Å²) < 4.78 is 37.1. The average molecular weight is 482 g/mol. The summed E-state index contributed by atoms with van der Waals surface area (Å²) >= 11 is 0. The molecule has 3 heterocycles. The molecule has 4 aromatic rings. The molecule has 0 amide bonds. The Labute approximate surface area is 200 Å². The van der Waals surface area contributed by atoms with E-state index in [-0.39, 0.29) is 12.1 Å². The van der Waals surface area contributed by atoms with Crippen LogP contribution in [0.25, 0.3) is 11.4 Å². The fraction of sp³-hybridized carbons (Fsp3) is 0.333. The number of hydrogen-bond donors (Lipinski definition) is 1. The lowest BCUT2D eigenvalue weighted by Gasteiger charge is -2.42. The molecule has 9 nitrogen and oxygen atoms in total. The molecule has 5 rings (SSSR count). The number of halogens is 2. The van der Waals surface area contributed by atoms with Crippen LogP contribution in [0.3, 0.4) is 0 Å². The molecule has 0 fully saturated rings. The molecule has 2 aromatic heterocycles. The van der Waals surface area contributed by atoms with E-state index in [1.54, 1.807) is 7.11 Å². The highest BCUT2D eigenvalue weighted by molar-refractivity contribution is 5.57. The van der Waals surface area contributed by atoms with E-state index in [9.17, 15) is 13.9 Å². The lowest BCUT2D eigenvalue weighted by atomic mass is 9.85. The molecular weight excluding hydrogens is 456 g/mol. The maximum Gasteiger partial charge on any atom is 0.181 e. The van der Waals surface area contributed by atoms with Gasteiger partial charge in [0.1, 0.15) is 41.5 Å². The molecule has 0 unspecified atom stereocenters. The first-order chi connectivity index (χ1) is 16.9. The highest BCUT2D eigenvalue weighted by Gasteiger charge is 2.43. The predicted octanol–water partition coefficient (Wildman–Crippen LogP) is 2.62. The SMILES string of the molecule is COc1cccc(-c2nc3n(n2)CCN([C@H](C)[C@](O)(Cn2cncn2)c2ccc(F)cc2F)C3)c1. The van der Waals surface area contributed by atoms with Gasteiger partial charge in [-0.2, -0.15) is 10.2 Å². The number of aliphatic hydroxyl groups is 1. The molecule has 1 aliphatic rings. The van der Waals surface area contributed by atoms with E-state index in [2.05, 4.69) is 15.2 Å². The summed E-state index contributed by atoms with van der Waals surface area (Å²) in [5, 5.41) is 20.6. The molecule has 182 valence electrons. The van der Waals surface area contributed by atoms with Gasteiger partial charge in [0.15, 0.2) is 5.82 Å². The van der Waals surface area contributed by atoms with Gasteiger partial charge in [-0.1, -0.05) is 18.2 Å². The van der Waals surface area contributed by atoms with Crippen molar-refractivity contribution in [3.63, 3.8) is 0 Å². The third-order valence-electron chi connectivity index (χ3n) is 6.53. The summed E-state index contributed by atoms with van der Waals surface area (Å²) in [5.74, 6) is 0.489. The molecule has 1 N–H and O–H groups in total. The highest BCUT2D eigenvalue weighted by Crippen LogP contribution is 2.34. The maximum atomic E-state index is 14.9. The topological polar surface area (TPSA) is 94.1 Å². The van der Waals surface area contributed by atoms with Crippen LogP contribution in [0, 0.1) is 11.6 Å². The molecule has 11 heteroatoms. The van der Waals surface area contributed by atoms with Crippen LogP contribution in [-0.2, 0) is 25.2 Å². The number of benzene rings is 2. The van der Waals surface area contributed by atoms with E-state index in [1.165, 1.54) is 23.4 Å². The van der Waals surface area contributed by atoms with Crippen LogP contribution in [0.15, 0.2) is 55.1 Å². The Hall–Kier alpha value is -3.70. The van der Waals surface area contributed by atoms with Crippen molar-refractivity contribution in [2.75, 3.05) is 13.7 Å². The minimum Gasteiger partial charge on any atom is -0.497 e. The predicted molar refractivity (Wildman–Crippen MR) is 122 cm³/mol. The number of hydrogen-bond acceptors (Lipinski definition) is 7. The number of fused-ring (bicyclic) bond motifs is 1. The Morgan fingerprint density at radius 3 is 2.77 bits per heavy atom. The number of aromatic nitrogens is 6. The molecule has 0 saturated heterocycles. The zero-order valence-electron chi connectivity index (χ0n) is 19.3. The second-order valence-corrected chi connectivity index (χ2v) is 8.59. The lowest BCUT2D eigenvalue weighted by molar-refractivity contribution is -0.0714. The van der Waals surface area contributed by atoms with Crippen LogP contribution in [0.5, 0.6) is 5.75 Å². The molecule has 0 aliphatic carbocycles. The molecular formula is C24H25F2N7O2. The van der Waals surface area contributed by atoms with Crippen LogP contribution in [0.2, 0.25) is 0 Å². The summed E-state index contributed by atoms with van der Waals surface area (Å²) in [6, 6.07) is 10.2. The Kier molecular flexibility index (Phi) is 6.03. The van der Waals surface area contributed by atoms with Crippen molar-refractivity contribution in [1.82, 2.24) is 34.4 Å². The number of ether oxygens (including phenoxy) is 1. The fourth-order valence-electron chi connectivity index (χ4n) is 4.52. The second-order valence-electron chi connectivity index (χ2n) is 8.59. The zero-order valence-corrected chi connectivity index (χ0v) is 19.3. The van der Waals surface area contributed by atoms with E-state index in [0.29, 0.717) is 31.2 Å². The van der Waals surface area contributed by atoms with Gasteiger partial charge in [0.2, 0.25) is 0 Å². The molecule has 1 aliphatic heterocycles. The normalized spacial score (nSPS) is 16.5. The van der Waals surface area contributed by atoms with Gasteiger partial charge in [-0.25, -0.2) is 28.1 Å². The van der Waals surface area contributed by atoms with Gasteiger partial charge in [0, 0.05) is 29.8 Å². The first-order valence-corrected chi connectivity index (χ1v) is 11.2. The van der Waals surface area contributed by atoms with E-state index >= 15 is 0 Å². The summed E-state index contributed by atoms with van der Waals surface area (Å²) in [6.07, 6.45) is 2.79.